The fourth-order valence-electron chi connectivity index (χ4n) is 2.89. The molecule has 27 heavy (non-hydrogen) atoms. The van der Waals surface area contributed by atoms with Crippen LogP contribution in [0.5, 0.6) is 0 Å². The van der Waals surface area contributed by atoms with Gasteiger partial charge in [-0.1, -0.05) is 30.0 Å². The molecule has 0 fully saturated rings. The van der Waals surface area contributed by atoms with Crippen molar-refractivity contribution in [2.45, 2.75) is 32.5 Å². The zero-order valence-electron chi connectivity index (χ0n) is 15.4. The van der Waals surface area contributed by atoms with E-state index in [-0.39, 0.29) is 23.0 Å². The van der Waals surface area contributed by atoms with Crippen LogP contribution < -0.4 is 5.32 Å². The van der Waals surface area contributed by atoms with Crippen LogP contribution in [0.1, 0.15) is 18.1 Å². The number of nitrogens with one attached hydrogen (secondary N) is 1. The quantitative estimate of drug-likeness (QED) is 0.388. The van der Waals surface area contributed by atoms with E-state index in [9.17, 15) is 14.9 Å². The second kappa shape index (κ2) is 7.79. The van der Waals surface area contributed by atoms with E-state index < -0.39 is 4.92 Å². The van der Waals surface area contributed by atoms with Crippen molar-refractivity contribution in [2.75, 3.05) is 11.1 Å². The maximum atomic E-state index is 12.4. The Bertz CT molecular complexity index is 1030. The van der Waals surface area contributed by atoms with E-state index in [2.05, 4.69) is 10.3 Å². The SMILES string of the molecule is CCn1c(SCC(=O)Nc2c([N+](=O)[O-])ccc(C)c2C)nc2ccccc21. The first-order valence-electron chi connectivity index (χ1n) is 8.55. The Balaban J connectivity index is 1.78. The van der Waals surface area contributed by atoms with Crippen molar-refractivity contribution in [3.05, 3.63) is 57.6 Å². The van der Waals surface area contributed by atoms with E-state index in [1.165, 1.54) is 17.8 Å². The summed E-state index contributed by atoms with van der Waals surface area (Å²) < 4.78 is 2.05. The highest BCUT2D eigenvalue weighted by Crippen LogP contribution is 2.31. The number of amides is 1. The number of carbonyl (C=O) groups excluding carboxylic acids is 1. The number of aromatic nitrogens is 2. The highest BCUT2D eigenvalue weighted by molar-refractivity contribution is 7.99. The van der Waals surface area contributed by atoms with Crippen LogP contribution in [-0.2, 0) is 11.3 Å². The highest BCUT2D eigenvalue weighted by Gasteiger charge is 2.20. The maximum Gasteiger partial charge on any atom is 0.293 e. The zero-order valence-corrected chi connectivity index (χ0v) is 16.2. The number of nitrogens with zero attached hydrogens (tertiary/aromatic N) is 3. The van der Waals surface area contributed by atoms with Gasteiger partial charge < -0.3 is 9.88 Å². The average molecular weight is 384 g/mol. The molecule has 2 aromatic carbocycles. The predicted molar refractivity (Wildman–Crippen MR) is 107 cm³/mol. The molecule has 1 amide bonds. The van der Waals surface area contributed by atoms with E-state index in [1.54, 1.807) is 13.0 Å². The Labute approximate surface area is 160 Å². The van der Waals surface area contributed by atoms with Crippen molar-refractivity contribution in [1.82, 2.24) is 9.55 Å². The van der Waals surface area contributed by atoms with Crippen molar-refractivity contribution in [3.8, 4) is 0 Å². The van der Waals surface area contributed by atoms with Crippen molar-refractivity contribution < 1.29 is 9.72 Å². The van der Waals surface area contributed by atoms with Crippen LogP contribution in [0, 0.1) is 24.0 Å². The first kappa shape index (κ1) is 18.9. The van der Waals surface area contributed by atoms with Crippen LogP contribution in [0.25, 0.3) is 11.0 Å². The number of hydrogen-bond acceptors (Lipinski definition) is 5. The number of nitro benzene ring substituents is 1. The van der Waals surface area contributed by atoms with Gasteiger partial charge >= 0.3 is 0 Å². The monoisotopic (exact) mass is 384 g/mol. The number of rotatable bonds is 6. The summed E-state index contributed by atoms with van der Waals surface area (Å²) in [4.78, 5) is 27.8. The number of fused-ring (bicyclic) bond motifs is 1. The van der Waals surface area contributed by atoms with Gasteiger partial charge in [0.05, 0.1) is 21.7 Å². The Morgan fingerprint density at radius 3 is 2.70 bits per heavy atom. The van der Waals surface area contributed by atoms with Crippen LogP contribution in [-0.4, -0.2) is 26.1 Å². The third-order valence-corrected chi connectivity index (χ3v) is 5.42. The van der Waals surface area contributed by atoms with Gasteiger partial charge in [-0.15, -0.1) is 0 Å². The normalized spacial score (nSPS) is 10.9. The standard InChI is InChI=1S/C19H20N4O3S/c1-4-22-15-8-6-5-7-14(15)20-19(22)27-11-17(24)21-18-13(3)12(2)9-10-16(18)23(25)26/h5-10H,4,11H2,1-3H3,(H,21,24). The molecule has 8 heteroatoms. The second-order valence-electron chi connectivity index (χ2n) is 6.12. The van der Waals surface area contributed by atoms with Gasteiger partial charge in [-0.25, -0.2) is 4.98 Å². The van der Waals surface area contributed by atoms with Gasteiger partial charge in [-0.3, -0.25) is 14.9 Å². The van der Waals surface area contributed by atoms with Crippen LogP contribution in [0.3, 0.4) is 0 Å². The van der Waals surface area contributed by atoms with E-state index in [4.69, 9.17) is 0 Å². The molecule has 0 saturated heterocycles. The fraction of sp³-hybridized carbons (Fsp3) is 0.263. The lowest BCUT2D eigenvalue weighted by Gasteiger charge is -2.11. The number of aryl methyl sites for hydroxylation is 2. The minimum atomic E-state index is -0.480. The lowest BCUT2D eigenvalue weighted by atomic mass is 10.1. The average Bonchev–Trinajstić information content (AvgIpc) is 3.01. The summed E-state index contributed by atoms with van der Waals surface area (Å²) in [6.45, 7) is 6.39. The summed E-state index contributed by atoms with van der Waals surface area (Å²) in [6, 6.07) is 10.9. The largest absolute Gasteiger partial charge is 0.319 e. The summed E-state index contributed by atoms with van der Waals surface area (Å²) in [5.74, 6) is -0.181. The van der Waals surface area contributed by atoms with E-state index in [1.807, 2.05) is 42.7 Å². The number of nitro groups is 1. The summed E-state index contributed by atoms with van der Waals surface area (Å²) in [5, 5.41) is 14.7. The number of carbonyl (C=O) groups is 1. The lowest BCUT2D eigenvalue weighted by molar-refractivity contribution is -0.384. The van der Waals surface area contributed by atoms with Gasteiger partial charge in [-0.05, 0) is 44.0 Å². The van der Waals surface area contributed by atoms with Crippen molar-refractivity contribution in [1.29, 1.82) is 0 Å². The molecule has 1 N–H and O–H groups in total. The molecule has 140 valence electrons. The van der Waals surface area contributed by atoms with Gasteiger partial charge in [0.1, 0.15) is 5.69 Å². The highest BCUT2D eigenvalue weighted by atomic mass is 32.2. The fourth-order valence-corrected chi connectivity index (χ4v) is 3.76. The minimum absolute atomic E-state index is 0.0998. The lowest BCUT2D eigenvalue weighted by Crippen LogP contribution is -2.17. The van der Waals surface area contributed by atoms with Gasteiger partial charge in [0.15, 0.2) is 5.16 Å². The second-order valence-corrected chi connectivity index (χ2v) is 7.07. The van der Waals surface area contributed by atoms with E-state index in [0.29, 0.717) is 5.56 Å². The van der Waals surface area contributed by atoms with Gasteiger partial charge in [-0.2, -0.15) is 0 Å². The number of anilines is 1. The third kappa shape index (κ3) is 3.80. The molecule has 0 unspecified atom stereocenters. The van der Waals surface area contributed by atoms with Crippen LogP contribution >= 0.6 is 11.8 Å². The summed E-state index contributed by atoms with van der Waals surface area (Å²) in [6.07, 6.45) is 0. The van der Waals surface area contributed by atoms with Crippen molar-refractivity contribution in [2.24, 2.45) is 0 Å². The molecule has 0 aliphatic rings. The van der Waals surface area contributed by atoms with E-state index in [0.717, 1.165) is 28.3 Å². The Morgan fingerprint density at radius 1 is 1.26 bits per heavy atom. The summed E-state index contributed by atoms with van der Waals surface area (Å²) >= 11 is 1.32. The maximum absolute atomic E-state index is 12.4. The van der Waals surface area contributed by atoms with Crippen LogP contribution in [0.2, 0.25) is 0 Å². The molecule has 1 heterocycles. The topological polar surface area (TPSA) is 90.1 Å². The molecule has 1 aromatic heterocycles. The molecule has 0 saturated carbocycles. The molecule has 7 nitrogen and oxygen atoms in total. The third-order valence-electron chi connectivity index (χ3n) is 4.44. The zero-order chi connectivity index (χ0) is 19.6. The first-order chi connectivity index (χ1) is 12.9. The summed E-state index contributed by atoms with van der Waals surface area (Å²) in [7, 11) is 0. The number of benzene rings is 2. The van der Waals surface area contributed by atoms with E-state index >= 15 is 0 Å². The Morgan fingerprint density at radius 2 is 2.00 bits per heavy atom. The predicted octanol–water partition coefficient (Wildman–Crippen LogP) is 4.31. The Hall–Kier alpha value is -2.87. The molecule has 0 aliphatic carbocycles. The van der Waals surface area contributed by atoms with Crippen molar-refractivity contribution in [3.63, 3.8) is 0 Å². The summed E-state index contributed by atoms with van der Waals surface area (Å²) in [5.41, 5.74) is 3.65. The Kier molecular flexibility index (Phi) is 5.46. The van der Waals surface area contributed by atoms with Gasteiger partial charge in [0.25, 0.3) is 5.69 Å². The molecule has 0 bridgehead atoms. The van der Waals surface area contributed by atoms with Gasteiger partial charge in [0, 0.05) is 12.6 Å². The van der Waals surface area contributed by atoms with Gasteiger partial charge in [0.2, 0.25) is 5.91 Å². The molecular formula is C19H20N4O3S. The van der Waals surface area contributed by atoms with Crippen molar-refractivity contribution >= 4 is 40.1 Å². The molecule has 3 aromatic rings. The molecular weight excluding hydrogens is 364 g/mol. The van der Waals surface area contributed by atoms with Crippen LogP contribution in [0.15, 0.2) is 41.6 Å². The first-order valence-corrected chi connectivity index (χ1v) is 9.53. The molecule has 3 rings (SSSR count). The molecule has 0 atom stereocenters. The smallest absolute Gasteiger partial charge is 0.293 e. The number of imidazole rings is 1. The van der Waals surface area contributed by atoms with Crippen LogP contribution in [0.4, 0.5) is 11.4 Å². The molecule has 0 spiro atoms. The minimum Gasteiger partial charge on any atom is -0.319 e. The molecule has 0 aliphatic heterocycles. The number of thioether (sulfide) groups is 1. The number of hydrogen-bond donors (Lipinski definition) is 1. The number of para-hydroxylation sites is 2. The molecule has 0 radical (unpaired) electrons.